The van der Waals surface area contributed by atoms with Crippen LogP contribution in [0, 0.1) is 10.1 Å². The lowest BCUT2D eigenvalue weighted by Gasteiger charge is -2.26. The summed E-state index contributed by atoms with van der Waals surface area (Å²) in [6, 6.07) is 6.20. The lowest BCUT2D eigenvalue weighted by molar-refractivity contribution is -0.385. The first-order valence-electron chi connectivity index (χ1n) is 6.49. The topological polar surface area (TPSA) is 92.6 Å². The highest BCUT2D eigenvalue weighted by Gasteiger charge is 2.33. The van der Waals surface area contributed by atoms with E-state index in [2.05, 4.69) is 5.32 Å². The van der Waals surface area contributed by atoms with Crippen LogP contribution in [0.25, 0.3) is 0 Å². The minimum atomic E-state index is -1.03. The van der Waals surface area contributed by atoms with Crippen molar-refractivity contribution in [3.05, 3.63) is 39.9 Å². The summed E-state index contributed by atoms with van der Waals surface area (Å²) in [7, 11) is -1.03. The molecule has 1 aliphatic rings. The molecule has 8 heteroatoms. The van der Waals surface area contributed by atoms with Crippen LogP contribution < -0.4 is 5.32 Å². The molecule has 1 N–H and O–H groups in total. The summed E-state index contributed by atoms with van der Waals surface area (Å²) in [6.45, 7) is 2.34. The lowest BCUT2D eigenvalue weighted by atomic mass is 10.1. The molecule has 1 amide bonds. The van der Waals surface area contributed by atoms with Gasteiger partial charge in [0.2, 0.25) is 5.91 Å². The molecule has 3 atom stereocenters. The summed E-state index contributed by atoms with van der Waals surface area (Å²) >= 11 is 0. The van der Waals surface area contributed by atoms with Gasteiger partial charge in [0.05, 0.1) is 11.5 Å². The Morgan fingerprint density at radius 1 is 1.57 bits per heavy atom. The highest BCUT2D eigenvalue weighted by Crippen LogP contribution is 2.26. The van der Waals surface area contributed by atoms with E-state index in [0.29, 0.717) is 12.1 Å². The molecule has 21 heavy (non-hydrogen) atoms. The number of nitrogens with zero attached hydrogens (tertiary/aromatic N) is 2. The monoisotopic (exact) mass is 311 g/mol. The van der Waals surface area contributed by atoms with Crippen LogP contribution in [0.1, 0.15) is 18.7 Å². The fourth-order valence-electron chi connectivity index (χ4n) is 2.24. The van der Waals surface area contributed by atoms with Gasteiger partial charge in [0, 0.05) is 41.0 Å². The molecule has 1 heterocycles. The van der Waals surface area contributed by atoms with Gasteiger partial charge in [0.1, 0.15) is 6.17 Å². The third-order valence-electron chi connectivity index (χ3n) is 3.50. The molecule has 1 saturated heterocycles. The van der Waals surface area contributed by atoms with Gasteiger partial charge in [-0.2, -0.15) is 0 Å². The Morgan fingerprint density at radius 2 is 2.29 bits per heavy atom. The van der Waals surface area contributed by atoms with Crippen LogP contribution in [0.5, 0.6) is 0 Å². The number of carbonyl (C=O) groups is 1. The SMILES string of the molecule is CC(CN1C(=O)CNC1c1cccc([N+](=O)[O-])c1)S(C)=O. The maximum absolute atomic E-state index is 12.0. The number of amides is 1. The molecular weight excluding hydrogens is 294 g/mol. The maximum Gasteiger partial charge on any atom is 0.269 e. The van der Waals surface area contributed by atoms with Gasteiger partial charge in [-0.3, -0.25) is 24.4 Å². The summed E-state index contributed by atoms with van der Waals surface area (Å²) in [5.41, 5.74) is 0.643. The van der Waals surface area contributed by atoms with Crippen molar-refractivity contribution in [1.82, 2.24) is 10.2 Å². The molecule has 0 saturated carbocycles. The molecule has 0 radical (unpaired) electrons. The Bertz CT molecular complexity index is 593. The molecule has 2 rings (SSSR count). The van der Waals surface area contributed by atoms with Crippen LogP contribution in [-0.4, -0.2) is 44.5 Å². The maximum atomic E-state index is 12.0. The Morgan fingerprint density at radius 3 is 2.90 bits per heavy atom. The molecule has 3 unspecified atom stereocenters. The van der Waals surface area contributed by atoms with Crippen LogP contribution in [0.3, 0.4) is 0 Å². The van der Waals surface area contributed by atoms with Gasteiger partial charge >= 0.3 is 0 Å². The predicted octanol–water partition coefficient (Wildman–Crippen LogP) is 0.792. The average Bonchev–Trinajstić information content (AvgIpc) is 2.80. The van der Waals surface area contributed by atoms with E-state index in [4.69, 9.17) is 0 Å². The van der Waals surface area contributed by atoms with Crippen molar-refractivity contribution in [2.24, 2.45) is 0 Å². The fraction of sp³-hybridized carbons (Fsp3) is 0.462. The van der Waals surface area contributed by atoms with Crippen molar-refractivity contribution in [1.29, 1.82) is 0 Å². The second-order valence-corrected chi connectivity index (χ2v) is 6.79. The quantitative estimate of drug-likeness (QED) is 0.641. The van der Waals surface area contributed by atoms with Gasteiger partial charge in [0.15, 0.2) is 0 Å². The molecule has 0 aliphatic carbocycles. The van der Waals surface area contributed by atoms with Crippen molar-refractivity contribution in [3.63, 3.8) is 0 Å². The number of nitro groups is 1. The van der Waals surface area contributed by atoms with Crippen molar-refractivity contribution < 1.29 is 13.9 Å². The molecular formula is C13H17N3O4S. The van der Waals surface area contributed by atoms with E-state index in [9.17, 15) is 19.1 Å². The minimum Gasteiger partial charge on any atom is -0.321 e. The summed E-state index contributed by atoms with van der Waals surface area (Å²) in [5, 5.41) is 13.7. The molecule has 0 aromatic heterocycles. The molecule has 0 spiro atoms. The number of hydrogen-bond donors (Lipinski definition) is 1. The normalized spacial score (nSPS) is 21.3. The molecule has 7 nitrogen and oxygen atoms in total. The summed E-state index contributed by atoms with van der Waals surface area (Å²) < 4.78 is 11.5. The Balaban J connectivity index is 2.25. The van der Waals surface area contributed by atoms with Crippen LogP contribution in [0.15, 0.2) is 24.3 Å². The van der Waals surface area contributed by atoms with Gasteiger partial charge in [-0.15, -0.1) is 0 Å². The van der Waals surface area contributed by atoms with E-state index < -0.39 is 21.9 Å². The second-order valence-electron chi connectivity index (χ2n) is 4.99. The first-order chi connectivity index (χ1) is 9.90. The van der Waals surface area contributed by atoms with Crippen molar-refractivity contribution in [2.45, 2.75) is 18.3 Å². The first kappa shape index (κ1) is 15.6. The number of rotatable bonds is 5. The predicted molar refractivity (Wildman–Crippen MR) is 79.1 cm³/mol. The average molecular weight is 311 g/mol. The van der Waals surface area contributed by atoms with E-state index in [1.165, 1.54) is 12.1 Å². The number of nitro benzene ring substituents is 1. The molecule has 1 aromatic carbocycles. The molecule has 0 bridgehead atoms. The van der Waals surface area contributed by atoms with Crippen LogP contribution >= 0.6 is 0 Å². The molecule has 1 fully saturated rings. The number of non-ortho nitro benzene ring substituents is 1. The third kappa shape index (κ3) is 3.45. The Kier molecular flexibility index (Phi) is 4.69. The number of carbonyl (C=O) groups excluding carboxylic acids is 1. The summed E-state index contributed by atoms with van der Waals surface area (Å²) in [6.07, 6.45) is 1.18. The summed E-state index contributed by atoms with van der Waals surface area (Å²) in [4.78, 5) is 23.9. The Hall–Kier alpha value is -1.80. The van der Waals surface area contributed by atoms with E-state index >= 15 is 0 Å². The molecule has 1 aromatic rings. The minimum absolute atomic E-state index is 0.0132. The van der Waals surface area contributed by atoms with Gasteiger partial charge < -0.3 is 4.90 Å². The third-order valence-corrected chi connectivity index (χ3v) is 4.78. The number of benzene rings is 1. The largest absolute Gasteiger partial charge is 0.321 e. The van der Waals surface area contributed by atoms with E-state index in [-0.39, 0.29) is 23.4 Å². The second kappa shape index (κ2) is 6.31. The van der Waals surface area contributed by atoms with Crippen molar-refractivity contribution in [2.75, 3.05) is 19.3 Å². The molecule has 1 aliphatic heterocycles. The highest BCUT2D eigenvalue weighted by molar-refractivity contribution is 7.84. The zero-order valence-corrected chi connectivity index (χ0v) is 12.6. The zero-order chi connectivity index (χ0) is 15.6. The Labute approximate surface area is 124 Å². The fourth-order valence-corrected chi connectivity index (χ4v) is 2.61. The number of hydrogen-bond acceptors (Lipinski definition) is 5. The highest BCUT2D eigenvalue weighted by atomic mass is 32.2. The van der Waals surface area contributed by atoms with Crippen molar-refractivity contribution in [3.8, 4) is 0 Å². The first-order valence-corrected chi connectivity index (χ1v) is 8.11. The van der Waals surface area contributed by atoms with Gasteiger partial charge in [0.25, 0.3) is 5.69 Å². The van der Waals surface area contributed by atoms with Crippen LogP contribution in [0.2, 0.25) is 0 Å². The van der Waals surface area contributed by atoms with Crippen molar-refractivity contribution >= 4 is 22.4 Å². The van der Waals surface area contributed by atoms with Gasteiger partial charge in [-0.25, -0.2) is 0 Å². The van der Waals surface area contributed by atoms with Gasteiger partial charge in [-0.05, 0) is 12.5 Å². The summed E-state index contributed by atoms with van der Waals surface area (Å²) in [5.74, 6) is -0.0937. The lowest BCUT2D eigenvalue weighted by Crippen LogP contribution is -2.37. The zero-order valence-electron chi connectivity index (χ0n) is 11.8. The van der Waals surface area contributed by atoms with Gasteiger partial charge in [-0.1, -0.05) is 12.1 Å². The van der Waals surface area contributed by atoms with E-state index in [1.54, 1.807) is 23.3 Å². The standard InChI is InChI=1S/C13H17N3O4S/c1-9(21(2)20)8-15-12(17)7-14-13(15)10-4-3-5-11(6-10)16(18)19/h3-6,9,13-14H,7-8H2,1-2H3. The van der Waals surface area contributed by atoms with E-state index in [0.717, 1.165) is 0 Å². The van der Waals surface area contributed by atoms with E-state index in [1.807, 2.05) is 6.92 Å². The van der Waals surface area contributed by atoms with Crippen LogP contribution in [0.4, 0.5) is 5.69 Å². The number of nitrogens with one attached hydrogen (secondary N) is 1. The molecule has 114 valence electrons. The van der Waals surface area contributed by atoms with Crippen LogP contribution in [-0.2, 0) is 15.6 Å². The smallest absolute Gasteiger partial charge is 0.269 e.